The maximum Gasteiger partial charge on any atom is 0.283 e. The Hall–Kier alpha value is -1.84. The number of benzene rings is 1. The quantitative estimate of drug-likeness (QED) is 0.619. The number of nitrogens with one attached hydrogen (secondary N) is 1. The first-order chi connectivity index (χ1) is 10.2. The normalized spacial score (nSPS) is 19.8. The van der Waals surface area contributed by atoms with E-state index in [4.69, 9.17) is 4.74 Å². The summed E-state index contributed by atoms with van der Waals surface area (Å²) in [4.78, 5) is 11.9. The predicted octanol–water partition coefficient (Wildman–Crippen LogP) is 2.76. The number of unbranched alkanes of at least 4 members (excludes halogenated alkanes) is 3. The molecule has 114 valence electrons. The average Bonchev–Trinajstić information content (AvgIpc) is 2.84. The molecule has 1 aromatic rings. The minimum atomic E-state index is 0.122. The lowest BCUT2D eigenvalue weighted by atomic mass is 10.0. The Balaban J connectivity index is 1.89. The first kappa shape index (κ1) is 15.5. The van der Waals surface area contributed by atoms with Crippen LogP contribution in [0, 0.1) is 5.92 Å². The van der Waals surface area contributed by atoms with Crippen LogP contribution in [0.4, 0.5) is 0 Å². The van der Waals surface area contributed by atoms with Crippen LogP contribution < -0.4 is 10.2 Å². The van der Waals surface area contributed by atoms with Crippen molar-refractivity contribution in [2.45, 2.75) is 39.0 Å². The van der Waals surface area contributed by atoms with Gasteiger partial charge in [-0.3, -0.25) is 4.79 Å². The lowest BCUT2D eigenvalue weighted by Gasteiger charge is -2.01. The van der Waals surface area contributed by atoms with Gasteiger partial charge < -0.3 is 4.74 Å². The monoisotopic (exact) mass is 289 g/mol. The number of hydrogen-bond donors (Lipinski definition) is 1. The van der Waals surface area contributed by atoms with E-state index in [2.05, 4.69) is 12.3 Å². The van der Waals surface area contributed by atoms with E-state index < -0.39 is 0 Å². The van der Waals surface area contributed by atoms with Gasteiger partial charge in [-0.25, -0.2) is 0 Å². The van der Waals surface area contributed by atoms with E-state index in [0.29, 0.717) is 0 Å². The number of carbonyl (C=O) groups excluding carboxylic acids is 1. The molecule has 1 heterocycles. The Labute approximate surface area is 126 Å². The zero-order valence-corrected chi connectivity index (χ0v) is 13.0. The second-order valence-corrected chi connectivity index (χ2v) is 5.58. The topological polar surface area (TPSA) is 41.3 Å². The van der Waals surface area contributed by atoms with Crippen LogP contribution >= 0.6 is 0 Å². The molecule has 0 spiro atoms. The number of ether oxygens (including phenoxy) is 1. The molecular formula is C17H25N2O2+. The van der Waals surface area contributed by atoms with Gasteiger partial charge in [0.15, 0.2) is 6.54 Å². The van der Waals surface area contributed by atoms with Gasteiger partial charge in [0.1, 0.15) is 11.7 Å². The molecule has 0 radical (unpaired) electrons. The van der Waals surface area contributed by atoms with Gasteiger partial charge in [0.25, 0.3) is 5.91 Å². The van der Waals surface area contributed by atoms with Crippen LogP contribution in [0.2, 0.25) is 0 Å². The van der Waals surface area contributed by atoms with Crippen molar-refractivity contribution in [1.29, 1.82) is 0 Å². The molecule has 1 aliphatic rings. The molecule has 0 unspecified atom stereocenters. The molecule has 1 amide bonds. The van der Waals surface area contributed by atoms with Crippen LogP contribution in [-0.4, -0.2) is 30.5 Å². The van der Waals surface area contributed by atoms with Crippen LogP contribution in [0.1, 0.15) is 44.6 Å². The number of amides is 1. The fourth-order valence-corrected chi connectivity index (χ4v) is 2.59. The van der Waals surface area contributed by atoms with Gasteiger partial charge in [0, 0.05) is 5.56 Å². The van der Waals surface area contributed by atoms with Crippen LogP contribution in [0.15, 0.2) is 24.3 Å². The van der Waals surface area contributed by atoms with E-state index in [-0.39, 0.29) is 11.8 Å². The van der Waals surface area contributed by atoms with E-state index in [0.717, 1.165) is 30.7 Å². The van der Waals surface area contributed by atoms with Crippen molar-refractivity contribution in [1.82, 2.24) is 5.43 Å². The average molecular weight is 289 g/mol. The Morgan fingerprint density at radius 1 is 1.29 bits per heavy atom. The minimum absolute atomic E-state index is 0.122. The zero-order chi connectivity index (χ0) is 15.1. The third-order valence-corrected chi connectivity index (χ3v) is 3.87. The summed E-state index contributed by atoms with van der Waals surface area (Å²) in [5.74, 6) is 1.11. The summed E-state index contributed by atoms with van der Waals surface area (Å²) in [7, 11) is 1.66. The van der Waals surface area contributed by atoms with E-state index in [1.54, 1.807) is 7.11 Å². The highest BCUT2D eigenvalue weighted by Gasteiger charge is 2.33. The van der Waals surface area contributed by atoms with Crippen LogP contribution in [0.5, 0.6) is 5.75 Å². The number of carbonyl (C=O) groups is 1. The molecule has 0 aliphatic carbocycles. The van der Waals surface area contributed by atoms with Crippen molar-refractivity contribution >= 4 is 12.1 Å². The fourth-order valence-electron chi connectivity index (χ4n) is 2.59. The lowest BCUT2D eigenvalue weighted by molar-refractivity contribution is -0.556. The predicted molar refractivity (Wildman–Crippen MR) is 83.7 cm³/mol. The summed E-state index contributed by atoms with van der Waals surface area (Å²) in [6.45, 7) is 2.96. The highest BCUT2D eigenvalue weighted by molar-refractivity contribution is 5.81. The maximum atomic E-state index is 11.9. The third-order valence-electron chi connectivity index (χ3n) is 3.87. The highest BCUT2D eigenvalue weighted by atomic mass is 16.5. The van der Waals surface area contributed by atoms with Crippen molar-refractivity contribution in [2.24, 2.45) is 5.92 Å². The first-order valence-corrected chi connectivity index (χ1v) is 7.79. The SMILES string of the molecule is CCCCCC[C@H]1C/[N+](=C/c2ccc(OC)cc2)NC1=O. The molecule has 4 heteroatoms. The molecule has 0 saturated carbocycles. The molecule has 0 bridgehead atoms. The number of hydrogen-bond acceptors (Lipinski definition) is 2. The maximum absolute atomic E-state index is 11.9. The van der Waals surface area contributed by atoms with Crippen molar-refractivity contribution < 1.29 is 14.2 Å². The second kappa shape index (κ2) is 7.81. The lowest BCUT2D eigenvalue weighted by Crippen LogP contribution is -2.25. The Morgan fingerprint density at radius 3 is 2.71 bits per heavy atom. The molecule has 1 aliphatic heterocycles. The molecule has 1 atom stereocenters. The van der Waals surface area contributed by atoms with Gasteiger partial charge in [-0.2, -0.15) is 0 Å². The summed E-state index contributed by atoms with van der Waals surface area (Å²) in [6, 6.07) is 7.82. The smallest absolute Gasteiger partial charge is 0.283 e. The van der Waals surface area contributed by atoms with Gasteiger partial charge in [-0.15, -0.1) is 10.1 Å². The molecule has 1 N–H and O–H groups in total. The van der Waals surface area contributed by atoms with Gasteiger partial charge in [-0.1, -0.05) is 32.6 Å². The molecule has 1 saturated heterocycles. The van der Waals surface area contributed by atoms with Gasteiger partial charge in [-0.05, 0) is 30.7 Å². The number of methoxy groups -OCH3 is 1. The van der Waals surface area contributed by atoms with Gasteiger partial charge in [0.2, 0.25) is 6.21 Å². The number of nitrogens with zero attached hydrogens (tertiary/aromatic N) is 1. The molecule has 1 aromatic carbocycles. The number of hydrazone groups is 1. The van der Waals surface area contributed by atoms with Crippen LogP contribution in [-0.2, 0) is 4.79 Å². The Kier molecular flexibility index (Phi) is 5.78. The fraction of sp³-hybridized carbons (Fsp3) is 0.529. The second-order valence-electron chi connectivity index (χ2n) is 5.58. The number of rotatable bonds is 7. The Morgan fingerprint density at radius 2 is 2.05 bits per heavy atom. The molecule has 0 aromatic heterocycles. The number of hydrazine groups is 1. The van der Waals surface area contributed by atoms with Crippen molar-refractivity contribution in [2.75, 3.05) is 13.7 Å². The first-order valence-electron chi connectivity index (χ1n) is 7.79. The largest absolute Gasteiger partial charge is 0.497 e. The highest BCUT2D eigenvalue weighted by Crippen LogP contribution is 2.15. The van der Waals surface area contributed by atoms with E-state index in [9.17, 15) is 4.79 Å². The van der Waals surface area contributed by atoms with E-state index in [1.165, 1.54) is 19.3 Å². The molecule has 4 nitrogen and oxygen atoms in total. The standard InChI is InChI=1S/C17H24N2O2/c1-3-4-5-6-7-15-13-19(18-17(15)20)12-14-8-10-16(21-2)11-9-14/h8-12,15H,3-7,13H2,1-2H3/p+1/b19-12-/t15-/m0/s1. The summed E-state index contributed by atoms with van der Waals surface area (Å²) >= 11 is 0. The molecule has 21 heavy (non-hydrogen) atoms. The van der Waals surface area contributed by atoms with E-state index in [1.807, 2.05) is 35.2 Å². The van der Waals surface area contributed by atoms with E-state index >= 15 is 0 Å². The van der Waals surface area contributed by atoms with Crippen molar-refractivity contribution in [3.05, 3.63) is 29.8 Å². The summed E-state index contributed by atoms with van der Waals surface area (Å²) in [5.41, 5.74) is 3.99. The third kappa shape index (κ3) is 4.59. The molecular weight excluding hydrogens is 264 g/mol. The summed E-state index contributed by atoms with van der Waals surface area (Å²) < 4.78 is 7.04. The van der Waals surface area contributed by atoms with Crippen LogP contribution in [0.25, 0.3) is 0 Å². The Bertz CT molecular complexity index is 494. The van der Waals surface area contributed by atoms with Crippen LogP contribution in [0.3, 0.4) is 0 Å². The minimum Gasteiger partial charge on any atom is -0.497 e. The molecule has 1 fully saturated rings. The summed E-state index contributed by atoms with van der Waals surface area (Å²) in [5, 5.41) is 0. The molecule has 2 rings (SSSR count). The summed E-state index contributed by atoms with van der Waals surface area (Å²) in [6.07, 6.45) is 7.82. The van der Waals surface area contributed by atoms with Crippen molar-refractivity contribution in [3.8, 4) is 5.75 Å². The zero-order valence-electron chi connectivity index (χ0n) is 13.0. The van der Waals surface area contributed by atoms with Gasteiger partial charge in [0.05, 0.1) is 7.11 Å². The van der Waals surface area contributed by atoms with Gasteiger partial charge >= 0.3 is 0 Å². The van der Waals surface area contributed by atoms with Crippen molar-refractivity contribution in [3.63, 3.8) is 0 Å².